The van der Waals surface area contributed by atoms with Gasteiger partial charge in [0.25, 0.3) is 0 Å². The first-order valence-electron chi connectivity index (χ1n) is 10.8. The fourth-order valence-electron chi connectivity index (χ4n) is 4.68. The van der Waals surface area contributed by atoms with Gasteiger partial charge in [0, 0.05) is 26.2 Å². The lowest BCUT2D eigenvalue weighted by atomic mass is 9.84. The lowest BCUT2D eigenvalue weighted by Crippen LogP contribution is -2.32. The van der Waals surface area contributed by atoms with Gasteiger partial charge >= 0.3 is 0 Å². The van der Waals surface area contributed by atoms with E-state index in [1.165, 1.54) is 5.56 Å². The third-order valence-electron chi connectivity index (χ3n) is 6.24. The number of hydrogen-bond acceptors (Lipinski definition) is 5. The Bertz CT molecular complexity index is 1450. The summed E-state index contributed by atoms with van der Waals surface area (Å²) in [7, 11) is 1.67. The molecule has 0 bridgehead atoms. The van der Waals surface area contributed by atoms with E-state index in [2.05, 4.69) is 62.5 Å². The molecule has 0 aliphatic carbocycles. The molecule has 0 spiro atoms. The van der Waals surface area contributed by atoms with Gasteiger partial charge in [-0.15, -0.1) is 0 Å². The van der Waals surface area contributed by atoms with Gasteiger partial charge in [0.05, 0.1) is 12.8 Å². The highest BCUT2D eigenvalue weighted by Gasteiger charge is 2.42. The number of ether oxygens (including phenoxy) is 2. The molecule has 8 heteroatoms. The van der Waals surface area contributed by atoms with E-state index in [0.717, 1.165) is 43.9 Å². The zero-order valence-corrected chi connectivity index (χ0v) is 20.8. The summed E-state index contributed by atoms with van der Waals surface area (Å²) in [6.45, 7) is 2.08. The van der Waals surface area contributed by atoms with Gasteiger partial charge in [0.2, 0.25) is 5.95 Å². The maximum atomic E-state index is 6.69. The monoisotopic (exact) mass is 534 g/mol. The number of rotatable bonds is 3. The second-order valence-corrected chi connectivity index (χ2v) is 9.67. The summed E-state index contributed by atoms with van der Waals surface area (Å²) in [6, 6.07) is 19.8. The number of nitrogens with zero attached hydrogens (tertiary/aromatic N) is 3. The van der Waals surface area contributed by atoms with Gasteiger partial charge in [-0.2, -0.15) is 10.1 Å². The lowest BCUT2D eigenvalue weighted by Gasteiger charge is -2.39. The minimum atomic E-state index is -0.438. The summed E-state index contributed by atoms with van der Waals surface area (Å²) < 4.78 is 15.3. The van der Waals surface area contributed by atoms with Crippen molar-refractivity contribution in [2.45, 2.75) is 19.1 Å². The van der Waals surface area contributed by atoms with Crippen molar-refractivity contribution in [1.82, 2.24) is 14.8 Å². The van der Waals surface area contributed by atoms with Crippen LogP contribution in [0.2, 0.25) is 5.02 Å². The van der Waals surface area contributed by atoms with Crippen LogP contribution in [-0.4, -0.2) is 21.9 Å². The number of halogens is 2. The predicted octanol–water partition coefficient (Wildman–Crippen LogP) is 6.57. The van der Waals surface area contributed by atoms with Crippen molar-refractivity contribution in [1.29, 1.82) is 0 Å². The van der Waals surface area contributed by atoms with Gasteiger partial charge in [-0.3, -0.25) is 0 Å². The predicted molar refractivity (Wildman–Crippen MR) is 135 cm³/mol. The molecule has 6 nitrogen and oxygen atoms in total. The van der Waals surface area contributed by atoms with Crippen molar-refractivity contribution < 1.29 is 9.47 Å². The fraction of sp³-hybridized carbons (Fsp3) is 0.154. The number of nitrogens with one attached hydrogen (secondary N) is 1. The molecule has 3 heterocycles. The Morgan fingerprint density at radius 2 is 1.91 bits per heavy atom. The van der Waals surface area contributed by atoms with E-state index < -0.39 is 6.10 Å². The third-order valence-corrected chi connectivity index (χ3v) is 6.97. The van der Waals surface area contributed by atoms with E-state index in [1.807, 2.05) is 41.1 Å². The lowest BCUT2D eigenvalue weighted by molar-refractivity contribution is 0.217. The molecule has 0 unspecified atom stereocenters. The first-order chi connectivity index (χ1) is 16.5. The number of anilines is 1. The molecule has 0 radical (unpaired) electrons. The van der Waals surface area contributed by atoms with Crippen LogP contribution in [0.5, 0.6) is 11.5 Å². The summed E-state index contributed by atoms with van der Waals surface area (Å²) in [5.74, 6) is 2.14. The Morgan fingerprint density at radius 1 is 1.09 bits per heavy atom. The Labute approximate surface area is 210 Å². The minimum absolute atomic E-state index is 0.241. The van der Waals surface area contributed by atoms with Crippen LogP contribution in [0.1, 0.15) is 34.4 Å². The van der Waals surface area contributed by atoms with Crippen molar-refractivity contribution in [3.63, 3.8) is 0 Å². The van der Waals surface area contributed by atoms with Gasteiger partial charge in [0.15, 0.2) is 6.10 Å². The molecule has 2 atom stereocenters. The molecule has 6 rings (SSSR count). The highest BCUT2D eigenvalue weighted by atomic mass is 79.9. The molecule has 2 aliphatic heterocycles. The van der Waals surface area contributed by atoms with Crippen LogP contribution in [0.25, 0.3) is 5.70 Å². The minimum Gasteiger partial charge on any atom is -0.496 e. The van der Waals surface area contributed by atoms with E-state index in [-0.39, 0.29) is 6.04 Å². The number of fused-ring (bicyclic) bond motifs is 3. The van der Waals surface area contributed by atoms with E-state index in [0.29, 0.717) is 11.0 Å². The molecule has 34 heavy (non-hydrogen) atoms. The maximum absolute atomic E-state index is 6.69. The van der Waals surface area contributed by atoms with Crippen molar-refractivity contribution in [2.75, 3.05) is 12.4 Å². The Morgan fingerprint density at radius 3 is 2.71 bits per heavy atom. The largest absolute Gasteiger partial charge is 0.496 e. The molecule has 2 aliphatic rings. The second kappa shape index (κ2) is 8.18. The SMILES string of the molecule is COc1ccc(Br)cc1[C@@H]1Oc2ccc(Cl)cc2C2=C1[C@H](c1ccc(C)cc1)n1ncnc1N2. The van der Waals surface area contributed by atoms with Gasteiger partial charge in [0.1, 0.15) is 23.9 Å². The zero-order chi connectivity index (χ0) is 23.4. The van der Waals surface area contributed by atoms with Crippen molar-refractivity contribution >= 4 is 39.2 Å². The molecule has 0 fully saturated rings. The summed E-state index contributed by atoms with van der Waals surface area (Å²) in [6.07, 6.45) is 1.13. The smallest absolute Gasteiger partial charge is 0.226 e. The Balaban J connectivity index is 1.66. The fourth-order valence-corrected chi connectivity index (χ4v) is 5.23. The van der Waals surface area contributed by atoms with Crippen LogP contribution >= 0.6 is 27.5 Å². The molecule has 0 saturated heterocycles. The first kappa shape index (κ1) is 21.3. The molecular weight excluding hydrogens is 516 g/mol. The number of methoxy groups -OCH3 is 1. The van der Waals surface area contributed by atoms with Crippen molar-refractivity contribution in [3.8, 4) is 11.5 Å². The highest BCUT2D eigenvalue weighted by Crippen LogP contribution is 2.52. The number of aromatic nitrogens is 3. The van der Waals surface area contributed by atoms with E-state index >= 15 is 0 Å². The summed E-state index contributed by atoms with van der Waals surface area (Å²) in [5.41, 5.74) is 5.99. The molecule has 0 saturated carbocycles. The molecular formula is C26H20BrClN4O2. The molecule has 4 aromatic rings. The zero-order valence-electron chi connectivity index (χ0n) is 18.4. The average molecular weight is 536 g/mol. The first-order valence-corrected chi connectivity index (χ1v) is 12.0. The highest BCUT2D eigenvalue weighted by molar-refractivity contribution is 9.10. The maximum Gasteiger partial charge on any atom is 0.226 e. The number of aryl methyl sites for hydroxylation is 1. The van der Waals surface area contributed by atoms with Crippen LogP contribution in [-0.2, 0) is 0 Å². The van der Waals surface area contributed by atoms with Gasteiger partial charge in [-0.05, 0) is 48.9 Å². The van der Waals surface area contributed by atoms with Crippen LogP contribution in [0.4, 0.5) is 5.95 Å². The summed E-state index contributed by atoms with van der Waals surface area (Å²) >= 11 is 10.0. The normalized spacial score (nSPS) is 18.4. The van der Waals surface area contributed by atoms with E-state index in [9.17, 15) is 0 Å². The quantitative estimate of drug-likeness (QED) is 0.321. The third kappa shape index (κ3) is 3.38. The number of hydrogen-bond donors (Lipinski definition) is 1. The molecule has 0 amide bonds. The summed E-state index contributed by atoms with van der Waals surface area (Å²) in [4.78, 5) is 4.48. The molecule has 1 aromatic heterocycles. The van der Waals surface area contributed by atoms with E-state index in [4.69, 9.17) is 21.1 Å². The standard InChI is InChI=1S/C26H20BrClN4O2/c1-14-3-5-15(6-4-14)24-22-23(31-26-29-13-30-32(24)26)18-12-17(28)8-10-21(18)34-25(22)19-11-16(27)7-9-20(19)33-2/h3-13,24-25H,1-2H3,(H,29,30,31)/t24-,25-/m0/s1. The van der Waals surface area contributed by atoms with Crippen molar-refractivity contribution in [3.05, 3.63) is 104 Å². The van der Waals surface area contributed by atoms with Crippen molar-refractivity contribution in [2.24, 2.45) is 0 Å². The van der Waals surface area contributed by atoms with E-state index in [1.54, 1.807) is 13.4 Å². The van der Waals surface area contributed by atoms with Crippen LogP contribution in [0.3, 0.4) is 0 Å². The summed E-state index contributed by atoms with van der Waals surface area (Å²) in [5, 5.41) is 8.71. The van der Waals surface area contributed by atoms with Gasteiger partial charge < -0.3 is 14.8 Å². The Hall–Kier alpha value is -3.29. The van der Waals surface area contributed by atoms with Gasteiger partial charge in [-0.1, -0.05) is 57.4 Å². The average Bonchev–Trinajstić information content (AvgIpc) is 3.31. The van der Waals surface area contributed by atoms with Gasteiger partial charge in [-0.25, -0.2) is 4.68 Å². The van der Waals surface area contributed by atoms with Crippen LogP contribution in [0.15, 0.2) is 77.0 Å². The second-order valence-electron chi connectivity index (χ2n) is 8.32. The molecule has 3 aromatic carbocycles. The topological polar surface area (TPSA) is 61.2 Å². The van der Waals surface area contributed by atoms with Crippen LogP contribution < -0.4 is 14.8 Å². The Kier molecular flexibility index (Phi) is 5.12. The van der Waals surface area contributed by atoms with Crippen LogP contribution in [0, 0.1) is 6.92 Å². The molecule has 170 valence electrons. The number of benzene rings is 3. The molecule has 1 N–H and O–H groups in total.